The molecule has 7 nitrogen and oxygen atoms in total. The molecule has 1 aliphatic carbocycles. The molecule has 1 aromatic carbocycles. The molecule has 0 saturated heterocycles. The topological polar surface area (TPSA) is 114 Å². The third-order valence-corrected chi connectivity index (χ3v) is 6.07. The van der Waals surface area contributed by atoms with E-state index in [1.54, 1.807) is 5.49 Å². The summed E-state index contributed by atoms with van der Waals surface area (Å²) >= 11 is 5.22. The average Bonchev–Trinajstić information content (AvgIpc) is 2.93. The number of hydrogen-bond acceptors (Lipinski definition) is 6. The second kappa shape index (κ2) is 20.2. The Labute approximate surface area is 261 Å². The summed E-state index contributed by atoms with van der Waals surface area (Å²) < 4.78 is 42.2. The van der Waals surface area contributed by atoms with Crippen molar-refractivity contribution in [3.63, 3.8) is 0 Å². The van der Waals surface area contributed by atoms with E-state index in [1.165, 1.54) is 26.2 Å². The maximum Gasteiger partial charge on any atom is 2.00 e. The van der Waals surface area contributed by atoms with Gasteiger partial charge in [0.25, 0.3) is 0 Å². The number of nitrogens with zero attached hydrogens (tertiary/aromatic N) is 3. The van der Waals surface area contributed by atoms with E-state index in [2.05, 4.69) is 11.2 Å². The number of alkyl halides is 3. The van der Waals surface area contributed by atoms with Crippen LogP contribution in [0.4, 0.5) is 18.9 Å². The van der Waals surface area contributed by atoms with Gasteiger partial charge in [-0.15, -0.1) is 11.6 Å². The van der Waals surface area contributed by atoms with E-state index >= 15 is 0 Å². The standard InChI is InChI=1S/C18H23N2O2S.C8H5F3N2.C2H6.CH4N.W/c1-3-6-17(21)18(9-5-10-18)20(13-23)15-7-8-16(22-4-2)14(11-15)12-19;1-5-2-6(8(9,10)11)7(3-12)13-4-5;2*1-2;/h7-8,11,13,19H,3-6,9-10H2,1-2H3;2,4H,1H3;1-2H3;2H,1H3;/q-1;;;-1;+2. The molecule has 0 amide bonds. The fourth-order valence-corrected chi connectivity index (χ4v) is 4.28. The maximum atomic E-state index is 12.7. The van der Waals surface area contributed by atoms with Crippen LogP contribution in [0.2, 0.25) is 0 Å². The number of anilines is 1. The second-order valence-electron chi connectivity index (χ2n) is 8.29. The van der Waals surface area contributed by atoms with Gasteiger partial charge in [0.2, 0.25) is 0 Å². The number of Topliss-reactive ketones (excluding diaryl/α,β-unsaturated/α-hetero) is 1. The summed E-state index contributed by atoms with van der Waals surface area (Å²) in [5.74, 6) is 0.875. The van der Waals surface area contributed by atoms with Gasteiger partial charge in [-0.1, -0.05) is 51.3 Å². The van der Waals surface area contributed by atoms with Gasteiger partial charge in [0.1, 0.15) is 11.6 Å². The van der Waals surface area contributed by atoms with Gasteiger partial charge in [0, 0.05) is 18.4 Å². The molecule has 3 rings (SSSR count). The number of pyridine rings is 1. The van der Waals surface area contributed by atoms with Gasteiger partial charge in [0.05, 0.1) is 17.7 Å². The Hall–Kier alpha value is -2.67. The zero-order valence-electron chi connectivity index (χ0n) is 24.3. The van der Waals surface area contributed by atoms with Crippen LogP contribution < -0.4 is 9.64 Å². The van der Waals surface area contributed by atoms with Gasteiger partial charge in [-0.25, -0.2) is 4.98 Å². The molecule has 1 fully saturated rings. The van der Waals surface area contributed by atoms with E-state index in [0.717, 1.165) is 37.4 Å². The molecule has 12 heteroatoms. The summed E-state index contributed by atoms with van der Waals surface area (Å²) in [4.78, 5) is 17.9. The number of hydrogen-bond donors (Lipinski definition) is 1. The van der Waals surface area contributed by atoms with Crippen molar-refractivity contribution >= 4 is 35.4 Å². The number of thiocarbonyl (C=S) groups is 1. The van der Waals surface area contributed by atoms with Crippen LogP contribution in [0.15, 0.2) is 30.5 Å². The zero-order valence-corrected chi connectivity index (χ0v) is 28.1. The minimum Gasteiger partial charge on any atom is -0.680 e. The normalized spacial score (nSPS) is 12.4. The van der Waals surface area contributed by atoms with E-state index in [1.807, 2.05) is 50.8 Å². The number of carbonyl (C=O) groups is 1. The number of carbonyl (C=O) groups excluding carboxylic acids is 1. The minimum absolute atomic E-state index is 0. The fraction of sp³-hybridized carbons (Fsp3) is 0.483. The largest absolute Gasteiger partial charge is 2.00 e. The van der Waals surface area contributed by atoms with E-state index in [4.69, 9.17) is 33.4 Å². The van der Waals surface area contributed by atoms with Crippen molar-refractivity contribution in [3.05, 3.63) is 58.6 Å². The number of ketones is 1. The molecular weight excluding hydrogens is 723 g/mol. The molecule has 0 spiro atoms. The minimum atomic E-state index is -4.51. The van der Waals surface area contributed by atoms with Crippen LogP contribution in [-0.4, -0.2) is 41.7 Å². The van der Waals surface area contributed by atoms with Crippen molar-refractivity contribution in [2.45, 2.75) is 78.4 Å². The summed E-state index contributed by atoms with van der Waals surface area (Å²) in [7, 11) is 1.25. The summed E-state index contributed by atoms with van der Waals surface area (Å²) in [5.41, 5.74) is 7.02. The predicted octanol–water partition coefficient (Wildman–Crippen LogP) is 7.99. The van der Waals surface area contributed by atoms with Crippen LogP contribution in [0.5, 0.6) is 5.75 Å². The van der Waals surface area contributed by atoms with E-state index in [9.17, 15) is 18.0 Å². The van der Waals surface area contributed by atoms with Crippen LogP contribution in [0.1, 0.15) is 82.2 Å². The Morgan fingerprint density at radius 2 is 1.90 bits per heavy atom. The summed E-state index contributed by atoms with van der Waals surface area (Å²) in [6.45, 7) is 9.94. The summed E-state index contributed by atoms with van der Waals surface area (Å²) in [5, 5.41) is 15.8. The van der Waals surface area contributed by atoms with Gasteiger partial charge < -0.3 is 20.8 Å². The first-order valence-electron chi connectivity index (χ1n) is 13.0. The van der Waals surface area contributed by atoms with Crippen LogP contribution in [0.3, 0.4) is 0 Å². The number of nitrogens with one attached hydrogen (secondary N) is 2. The van der Waals surface area contributed by atoms with Crippen LogP contribution in [0.25, 0.3) is 5.73 Å². The van der Waals surface area contributed by atoms with Gasteiger partial charge >= 0.3 is 27.2 Å². The second-order valence-corrected chi connectivity index (χ2v) is 8.50. The van der Waals surface area contributed by atoms with Gasteiger partial charge in [0.15, 0.2) is 11.5 Å². The SMILES string of the molecule is CC.CCCC(=O)C1(N(C=S)c2ccc(OCC)c([C-]=N)c2)CCC1.C[NH-].Cc1cnc(C#N)c(C(F)(F)F)c1.[W+2]. The Kier molecular flexibility index (Phi) is 20.0. The molecule has 1 aliphatic rings. The quantitative estimate of drug-likeness (QED) is 0.158. The van der Waals surface area contributed by atoms with Crippen molar-refractivity contribution in [2.75, 3.05) is 18.6 Å². The summed E-state index contributed by atoms with van der Waals surface area (Å²) in [6.07, 6.45) is 3.23. The number of nitriles is 1. The zero-order chi connectivity index (χ0) is 30.9. The molecule has 1 saturated carbocycles. The third kappa shape index (κ3) is 10.9. The summed E-state index contributed by atoms with van der Waals surface area (Å²) in [6, 6.07) is 7.84. The average molecular weight is 762 g/mol. The first kappa shape index (κ1) is 40.5. The Balaban J connectivity index is 0. The van der Waals surface area contributed by atoms with Crippen LogP contribution in [-0.2, 0) is 32.0 Å². The third-order valence-electron chi connectivity index (χ3n) is 5.85. The number of aryl methyl sites for hydroxylation is 1. The fourth-order valence-electron chi connectivity index (χ4n) is 3.96. The molecule has 0 atom stereocenters. The molecule has 2 aromatic rings. The Bertz CT molecular complexity index is 1150. The van der Waals surface area contributed by atoms with Crippen molar-refractivity contribution in [3.8, 4) is 11.8 Å². The molecule has 2 N–H and O–H groups in total. The van der Waals surface area contributed by atoms with Crippen molar-refractivity contribution in [2.24, 2.45) is 0 Å². The van der Waals surface area contributed by atoms with Gasteiger partial charge in [-0.3, -0.25) is 4.79 Å². The molecule has 1 heterocycles. The van der Waals surface area contributed by atoms with Crippen molar-refractivity contribution in [1.82, 2.24) is 4.98 Å². The van der Waals surface area contributed by atoms with Gasteiger partial charge in [-0.05, 0) is 56.8 Å². The van der Waals surface area contributed by atoms with Gasteiger partial charge in [-0.2, -0.15) is 25.5 Å². The van der Waals surface area contributed by atoms with Crippen molar-refractivity contribution in [1.29, 1.82) is 10.7 Å². The predicted molar refractivity (Wildman–Crippen MR) is 157 cm³/mol. The number of ether oxygens (including phenoxy) is 1. The van der Waals surface area contributed by atoms with E-state index in [-0.39, 0.29) is 26.8 Å². The van der Waals surface area contributed by atoms with Crippen LogP contribution in [0, 0.1) is 23.7 Å². The monoisotopic (exact) mass is 761 g/mol. The van der Waals surface area contributed by atoms with Crippen LogP contribution >= 0.6 is 12.2 Å². The molecule has 41 heavy (non-hydrogen) atoms. The molecule has 1 aromatic heterocycles. The first-order valence-corrected chi connectivity index (χ1v) is 13.5. The number of aromatic nitrogens is 1. The molecule has 0 bridgehead atoms. The smallest absolute Gasteiger partial charge is 0.680 e. The number of benzene rings is 1. The molecular formula is C29H38F3N5O2SW. The molecule has 0 unspecified atom stereocenters. The Morgan fingerprint density at radius 1 is 1.29 bits per heavy atom. The molecule has 0 aliphatic heterocycles. The molecule has 224 valence electrons. The van der Waals surface area contributed by atoms with E-state index < -0.39 is 23.0 Å². The van der Waals surface area contributed by atoms with Crippen molar-refractivity contribution < 1.29 is 43.8 Å². The molecule has 0 radical (unpaired) electrons. The maximum absolute atomic E-state index is 12.7. The number of halogens is 3. The first-order chi connectivity index (χ1) is 19.1. The number of rotatable bonds is 9. The van der Waals surface area contributed by atoms with E-state index in [0.29, 0.717) is 29.9 Å². The Morgan fingerprint density at radius 3 is 2.32 bits per heavy atom.